The number of benzene rings is 3. The van der Waals surface area contributed by atoms with Gasteiger partial charge in [-0.25, -0.2) is 0 Å². The van der Waals surface area contributed by atoms with Gasteiger partial charge in [0.25, 0.3) is 5.91 Å². The molecule has 186 valence electrons. The Balaban J connectivity index is 1.56. The number of carbonyl (C=O) groups excluding carboxylic acids is 1. The third kappa shape index (κ3) is 5.90. The number of rotatable bonds is 10. The minimum absolute atomic E-state index is 0.248. The molecule has 1 atom stereocenters. The third-order valence-corrected chi connectivity index (χ3v) is 5.92. The van der Waals surface area contributed by atoms with Crippen molar-refractivity contribution >= 4 is 5.91 Å². The molecule has 0 saturated heterocycles. The average molecular weight is 487 g/mol. The van der Waals surface area contributed by atoms with Crippen LogP contribution >= 0.6 is 0 Å². The maximum absolute atomic E-state index is 13.3. The van der Waals surface area contributed by atoms with E-state index in [1.54, 1.807) is 33.3 Å². The van der Waals surface area contributed by atoms with Gasteiger partial charge in [-0.15, -0.1) is 0 Å². The molecule has 2 N–H and O–H groups in total. The monoisotopic (exact) mass is 486 g/mol. The Morgan fingerprint density at radius 2 is 1.64 bits per heavy atom. The summed E-state index contributed by atoms with van der Waals surface area (Å²) >= 11 is 0. The van der Waals surface area contributed by atoms with E-state index < -0.39 is 6.17 Å². The molecule has 0 aliphatic heterocycles. The molecule has 0 bridgehead atoms. The molecule has 1 heterocycles. The van der Waals surface area contributed by atoms with E-state index >= 15 is 0 Å². The fourth-order valence-corrected chi connectivity index (χ4v) is 3.93. The second kappa shape index (κ2) is 11.5. The van der Waals surface area contributed by atoms with Gasteiger partial charge < -0.3 is 19.3 Å². The van der Waals surface area contributed by atoms with E-state index in [2.05, 4.69) is 32.9 Å². The highest BCUT2D eigenvalue weighted by molar-refractivity contribution is 5.95. The molecule has 4 aromatic rings. The molecule has 1 unspecified atom stereocenters. The molecule has 4 rings (SSSR count). The van der Waals surface area contributed by atoms with Crippen LogP contribution in [0.25, 0.3) is 11.4 Å². The maximum atomic E-state index is 13.3. The summed E-state index contributed by atoms with van der Waals surface area (Å²) in [6, 6.07) is 21.4. The maximum Gasteiger partial charge on any atom is 0.253 e. The van der Waals surface area contributed by atoms with Crippen LogP contribution in [-0.4, -0.2) is 36.8 Å². The first-order valence-electron chi connectivity index (χ1n) is 11.7. The highest BCUT2D eigenvalue weighted by Gasteiger charge is 2.19. The van der Waals surface area contributed by atoms with Crippen LogP contribution in [0.5, 0.6) is 11.5 Å². The molecule has 1 amide bonds. The lowest BCUT2D eigenvalue weighted by atomic mass is 10.1. The largest absolute Gasteiger partial charge is 0.496 e. The van der Waals surface area contributed by atoms with Crippen LogP contribution in [0.4, 0.5) is 0 Å². The molecule has 8 nitrogen and oxygen atoms in total. The number of nitrogens with zero attached hydrogens (tertiary/aromatic N) is 2. The molecule has 0 radical (unpaired) electrons. The number of methoxy groups -OCH3 is 2. The number of hydrogen-bond acceptors (Lipinski definition) is 7. The van der Waals surface area contributed by atoms with Crippen LogP contribution < -0.4 is 20.1 Å². The lowest BCUT2D eigenvalue weighted by molar-refractivity contribution is 0.0928. The number of aryl methyl sites for hydroxylation is 1. The lowest BCUT2D eigenvalue weighted by Crippen LogP contribution is -2.39. The Morgan fingerprint density at radius 3 is 2.22 bits per heavy atom. The average Bonchev–Trinajstić information content (AvgIpc) is 3.35. The molecule has 0 spiro atoms. The van der Waals surface area contributed by atoms with Crippen molar-refractivity contribution in [3.8, 4) is 22.9 Å². The van der Waals surface area contributed by atoms with Crippen molar-refractivity contribution in [3.05, 3.63) is 94.9 Å². The highest BCUT2D eigenvalue weighted by Crippen LogP contribution is 2.29. The summed E-state index contributed by atoms with van der Waals surface area (Å²) < 4.78 is 16.0. The predicted octanol–water partition coefficient (Wildman–Crippen LogP) is 4.63. The second-order valence-corrected chi connectivity index (χ2v) is 8.36. The topological polar surface area (TPSA) is 98.5 Å². The number of nitrogens with one attached hydrogen (secondary N) is 2. The van der Waals surface area contributed by atoms with E-state index in [0.717, 1.165) is 23.1 Å². The molecule has 0 fully saturated rings. The smallest absolute Gasteiger partial charge is 0.253 e. The van der Waals surface area contributed by atoms with Gasteiger partial charge in [0.15, 0.2) is 0 Å². The van der Waals surface area contributed by atoms with Crippen LogP contribution in [0.2, 0.25) is 0 Å². The zero-order chi connectivity index (χ0) is 25.5. The van der Waals surface area contributed by atoms with E-state index in [9.17, 15) is 4.79 Å². The summed E-state index contributed by atoms with van der Waals surface area (Å²) in [6.45, 7) is 4.31. The summed E-state index contributed by atoms with van der Waals surface area (Å²) in [6.07, 6.45) is 0.389. The number of carbonyl (C=O) groups is 1. The van der Waals surface area contributed by atoms with Crippen molar-refractivity contribution in [2.45, 2.75) is 26.4 Å². The zero-order valence-electron chi connectivity index (χ0n) is 20.9. The molecule has 8 heteroatoms. The van der Waals surface area contributed by atoms with Crippen molar-refractivity contribution < 1.29 is 18.8 Å². The van der Waals surface area contributed by atoms with Crippen LogP contribution in [0.3, 0.4) is 0 Å². The van der Waals surface area contributed by atoms with Gasteiger partial charge in [-0.2, -0.15) is 4.98 Å². The van der Waals surface area contributed by atoms with E-state index in [1.165, 1.54) is 5.56 Å². The summed E-state index contributed by atoms with van der Waals surface area (Å²) in [5.41, 5.74) is 4.22. The van der Waals surface area contributed by atoms with Crippen LogP contribution in [-0.2, 0) is 6.42 Å². The fourth-order valence-electron chi connectivity index (χ4n) is 3.93. The first-order chi connectivity index (χ1) is 17.5. The van der Waals surface area contributed by atoms with Gasteiger partial charge in [-0.1, -0.05) is 59.8 Å². The summed E-state index contributed by atoms with van der Waals surface area (Å²) in [5.74, 6) is 1.96. The number of amides is 1. The van der Waals surface area contributed by atoms with Gasteiger partial charge in [0.1, 0.15) is 17.7 Å². The van der Waals surface area contributed by atoms with Gasteiger partial charge in [0.2, 0.25) is 11.7 Å². The van der Waals surface area contributed by atoms with Gasteiger partial charge in [-0.3, -0.25) is 10.1 Å². The van der Waals surface area contributed by atoms with Crippen LogP contribution in [0, 0.1) is 13.8 Å². The van der Waals surface area contributed by atoms with Crippen molar-refractivity contribution in [1.82, 2.24) is 20.8 Å². The SMILES string of the molecule is COc1cc(C(=O)NC(NCCc2ccccc2)c2ccc(-c3noc(C)n3)cc2)cc(OC)c1C. The molecule has 0 aliphatic carbocycles. The highest BCUT2D eigenvalue weighted by atomic mass is 16.5. The minimum atomic E-state index is -0.430. The summed E-state index contributed by atoms with van der Waals surface area (Å²) in [4.78, 5) is 17.6. The van der Waals surface area contributed by atoms with Gasteiger partial charge in [0.05, 0.1) is 14.2 Å². The quantitative estimate of drug-likeness (QED) is 0.315. The summed E-state index contributed by atoms with van der Waals surface area (Å²) in [5, 5.41) is 10.6. The molecule has 3 aromatic carbocycles. The molecule has 0 aliphatic rings. The molecule has 0 saturated carbocycles. The van der Waals surface area contributed by atoms with E-state index in [-0.39, 0.29) is 5.91 Å². The molecular formula is C28H30N4O4. The fraction of sp³-hybridized carbons (Fsp3) is 0.250. The Hall–Kier alpha value is -4.17. The van der Waals surface area contributed by atoms with E-state index in [1.807, 2.05) is 49.4 Å². The number of ether oxygens (including phenoxy) is 2. The van der Waals surface area contributed by atoms with Gasteiger partial charge in [-0.05, 0) is 36.6 Å². The number of hydrogen-bond donors (Lipinski definition) is 2. The third-order valence-electron chi connectivity index (χ3n) is 5.92. The first-order valence-corrected chi connectivity index (χ1v) is 11.7. The molecule has 36 heavy (non-hydrogen) atoms. The molecular weight excluding hydrogens is 456 g/mol. The number of aromatic nitrogens is 2. The van der Waals surface area contributed by atoms with Gasteiger partial charge in [0, 0.05) is 30.2 Å². The lowest BCUT2D eigenvalue weighted by Gasteiger charge is -2.22. The standard InChI is InChI=1S/C28H30N4O4/c1-18-24(34-3)16-23(17-25(18)35-4)28(33)31-26(29-15-14-20-8-6-5-7-9-20)21-10-12-22(13-11-21)27-30-19(2)36-32-27/h5-13,16-17,26,29H,14-15H2,1-4H3,(H,31,33). The zero-order valence-corrected chi connectivity index (χ0v) is 20.9. The van der Waals surface area contributed by atoms with Crippen molar-refractivity contribution in [2.24, 2.45) is 0 Å². The van der Waals surface area contributed by atoms with E-state index in [4.69, 9.17) is 14.0 Å². The van der Waals surface area contributed by atoms with Crippen molar-refractivity contribution in [1.29, 1.82) is 0 Å². The molecule has 1 aromatic heterocycles. The van der Waals surface area contributed by atoms with Crippen molar-refractivity contribution in [2.75, 3.05) is 20.8 Å². The van der Waals surface area contributed by atoms with Crippen LogP contribution in [0.1, 0.15) is 39.1 Å². The Kier molecular flexibility index (Phi) is 7.97. The Morgan fingerprint density at radius 1 is 0.972 bits per heavy atom. The second-order valence-electron chi connectivity index (χ2n) is 8.36. The van der Waals surface area contributed by atoms with Gasteiger partial charge >= 0.3 is 0 Å². The Bertz CT molecular complexity index is 1280. The van der Waals surface area contributed by atoms with Crippen molar-refractivity contribution in [3.63, 3.8) is 0 Å². The van der Waals surface area contributed by atoms with Crippen LogP contribution in [0.15, 0.2) is 71.3 Å². The summed E-state index contributed by atoms with van der Waals surface area (Å²) in [7, 11) is 3.15. The first kappa shape index (κ1) is 24.9. The normalized spacial score (nSPS) is 11.7. The minimum Gasteiger partial charge on any atom is -0.496 e. The van der Waals surface area contributed by atoms with E-state index in [0.29, 0.717) is 35.3 Å². The predicted molar refractivity (Wildman–Crippen MR) is 137 cm³/mol. The Labute approximate surface area is 210 Å².